The van der Waals surface area contributed by atoms with Crippen LogP contribution in [0.5, 0.6) is 0 Å². The number of hydrogen-bond acceptors (Lipinski definition) is 4. The third kappa shape index (κ3) is 4.59. The zero-order chi connectivity index (χ0) is 33.5. The summed E-state index contributed by atoms with van der Waals surface area (Å²) in [5, 5.41) is 2.67. The van der Waals surface area contributed by atoms with Crippen molar-refractivity contribution in [3.05, 3.63) is 160 Å². The van der Waals surface area contributed by atoms with Gasteiger partial charge in [0.2, 0.25) is 0 Å². The molecule has 4 heteroatoms. The van der Waals surface area contributed by atoms with Crippen LogP contribution in [0.1, 0.15) is 70.1 Å². The molecule has 0 bridgehead atoms. The van der Waals surface area contributed by atoms with Gasteiger partial charge in [-0.25, -0.2) is 4.98 Å². The summed E-state index contributed by atoms with van der Waals surface area (Å²) >= 11 is 1.94. The molecule has 244 valence electrons. The number of allylic oxidation sites excluding steroid dienone is 6. The molecule has 0 N–H and O–H groups in total. The lowest BCUT2D eigenvalue weighted by atomic mass is 9.81. The van der Waals surface area contributed by atoms with E-state index in [1.54, 1.807) is 0 Å². The average molecular weight is 674 g/mol. The Bertz CT molecular complexity index is 2660. The quantitative estimate of drug-likeness (QED) is 0.188. The van der Waals surface area contributed by atoms with E-state index in [1.165, 1.54) is 70.4 Å². The van der Waals surface area contributed by atoms with E-state index >= 15 is 0 Å². The maximum atomic E-state index is 5.51. The standard InChI is InChI=1S/C47H35N3S/c1-2-10-28(11-3-1)39-26-20-29-18-19-30-21-27-41(49-45(30)44(29)48-39)33-22-23-35(32-13-5-4-12-31(32)33)46-38-25-24-36-34-14-7-9-17-42(34)51-47(36)43(38)37-15-6-8-16-40(37)50-46/h1-2,5-10,13-23,26-27,30,45H,3-4,11-12,24-25H2. The molecule has 3 aromatic carbocycles. The van der Waals surface area contributed by atoms with Crippen LogP contribution in [-0.2, 0) is 19.3 Å². The highest BCUT2D eigenvalue weighted by Gasteiger charge is 2.32. The molecule has 0 spiro atoms. The lowest BCUT2D eigenvalue weighted by Crippen LogP contribution is -2.21. The molecule has 4 heterocycles. The smallest absolute Gasteiger partial charge is 0.103 e. The topological polar surface area (TPSA) is 38.1 Å². The fourth-order valence-corrected chi connectivity index (χ4v) is 10.3. The van der Waals surface area contributed by atoms with E-state index < -0.39 is 0 Å². The number of aromatic nitrogens is 2. The molecule has 51 heavy (non-hydrogen) atoms. The van der Waals surface area contributed by atoms with Gasteiger partial charge in [0.05, 0.1) is 28.3 Å². The molecule has 0 radical (unpaired) electrons. The van der Waals surface area contributed by atoms with E-state index in [0.717, 1.165) is 66.8 Å². The highest BCUT2D eigenvalue weighted by molar-refractivity contribution is 7.22. The van der Waals surface area contributed by atoms with Crippen molar-refractivity contribution in [2.24, 2.45) is 10.9 Å². The molecule has 2 atom stereocenters. The number of dihydropyridines is 1. The lowest BCUT2D eigenvalue weighted by molar-refractivity contribution is 0.590. The molecule has 11 rings (SSSR count). The van der Waals surface area contributed by atoms with Crippen molar-refractivity contribution in [3.8, 4) is 21.7 Å². The van der Waals surface area contributed by atoms with Gasteiger partial charge in [0.1, 0.15) is 6.04 Å². The molecular weight excluding hydrogens is 639 g/mol. The highest BCUT2D eigenvalue weighted by Crippen LogP contribution is 2.49. The highest BCUT2D eigenvalue weighted by atomic mass is 32.1. The van der Waals surface area contributed by atoms with Gasteiger partial charge in [0.15, 0.2) is 0 Å². The number of benzene rings is 3. The number of thiophene rings is 1. The molecule has 5 aliphatic rings. The van der Waals surface area contributed by atoms with Crippen molar-refractivity contribution in [3.63, 3.8) is 0 Å². The van der Waals surface area contributed by atoms with Crippen LogP contribution < -0.4 is 0 Å². The summed E-state index contributed by atoms with van der Waals surface area (Å²) in [6, 6.07) is 26.7. The Labute approximate surface area is 301 Å². The normalized spacial score (nSPS) is 19.6. The van der Waals surface area contributed by atoms with Gasteiger partial charge >= 0.3 is 0 Å². The van der Waals surface area contributed by atoms with E-state index in [1.807, 2.05) is 11.3 Å². The molecule has 0 amide bonds. The van der Waals surface area contributed by atoms with Gasteiger partial charge in [-0.2, -0.15) is 0 Å². The minimum absolute atomic E-state index is 0.0242. The van der Waals surface area contributed by atoms with Crippen LogP contribution in [0.4, 0.5) is 0 Å². The first kappa shape index (κ1) is 29.3. The summed E-state index contributed by atoms with van der Waals surface area (Å²) in [6.07, 6.45) is 26.6. The summed E-state index contributed by atoms with van der Waals surface area (Å²) < 4.78 is 1.37. The number of para-hydroxylation sites is 1. The van der Waals surface area contributed by atoms with E-state index in [2.05, 4.69) is 127 Å². The third-order valence-corrected chi connectivity index (χ3v) is 12.7. The van der Waals surface area contributed by atoms with Gasteiger partial charge in [0, 0.05) is 37.6 Å². The number of rotatable bonds is 3. The average Bonchev–Trinajstić information content (AvgIpc) is 3.59. The van der Waals surface area contributed by atoms with Crippen LogP contribution in [-0.4, -0.2) is 15.7 Å². The van der Waals surface area contributed by atoms with Crippen molar-refractivity contribution in [1.82, 2.24) is 9.97 Å². The molecule has 1 aliphatic heterocycles. The Hall–Kier alpha value is -5.45. The van der Waals surface area contributed by atoms with Crippen molar-refractivity contribution in [2.75, 3.05) is 0 Å². The van der Waals surface area contributed by atoms with Crippen molar-refractivity contribution in [1.29, 1.82) is 0 Å². The maximum absolute atomic E-state index is 5.51. The van der Waals surface area contributed by atoms with Crippen molar-refractivity contribution in [2.45, 2.75) is 44.6 Å². The molecule has 0 saturated heterocycles. The third-order valence-electron chi connectivity index (χ3n) is 11.5. The number of hydrogen-bond donors (Lipinski definition) is 0. The monoisotopic (exact) mass is 673 g/mol. The molecule has 0 fully saturated rings. The summed E-state index contributed by atoms with van der Waals surface area (Å²) in [6.45, 7) is 0. The predicted molar refractivity (Wildman–Crippen MR) is 214 cm³/mol. The summed E-state index contributed by atoms with van der Waals surface area (Å²) in [7, 11) is 0. The lowest BCUT2D eigenvalue weighted by Gasteiger charge is -2.29. The predicted octanol–water partition coefficient (Wildman–Crippen LogP) is 11.7. The Morgan fingerprint density at radius 2 is 1.51 bits per heavy atom. The van der Waals surface area contributed by atoms with E-state index in [0.29, 0.717) is 0 Å². The van der Waals surface area contributed by atoms with E-state index in [-0.39, 0.29) is 12.0 Å². The van der Waals surface area contributed by atoms with Crippen molar-refractivity contribution >= 4 is 55.8 Å². The first-order valence-electron chi connectivity index (χ1n) is 18.4. The SMILES string of the molecule is C1=CCCC(c2ccc3c(n2)C2N=C(c4ccc(-c5nc6ccccc6c6c5CCc5c-6sc6ccccc56)c5c4CCC=C5)C=CC2C=C3)=C1. The number of aliphatic imine (C=N–C) groups is 1. The zero-order valence-corrected chi connectivity index (χ0v) is 29.1. The van der Waals surface area contributed by atoms with Crippen LogP contribution in [0.2, 0.25) is 0 Å². The number of nitrogens with zero attached hydrogens (tertiary/aromatic N) is 3. The Morgan fingerprint density at radius 1 is 0.667 bits per heavy atom. The Kier molecular flexibility index (Phi) is 6.63. The number of aryl methyl sites for hydroxylation is 1. The van der Waals surface area contributed by atoms with Gasteiger partial charge in [-0.3, -0.25) is 9.98 Å². The van der Waals surface area contributed by atoms with E-state index in [9.17, 15) is 0 Å². The molecule has 4 aliphatic carbocycles. The summed E-state index contributed by atoms with van der Waals surface area (Å²) in [4.78, 5) is 17.7. The van der Waals surface area contributed by atoms with Gasteiger partial charge in [-0.15, -0.1) is 11.3 Å². The van der Waals surface area contributed by atoms with Gasteiger partial charge in [0.25, 0.3) is 0 Å². The second-order valence-corrected chi connectivity index (χ2v) is 15.4. The van der Waals surface area contributed by atoms with Gasteiger partial charge < -0.3 is 0 Å². The van der Waals surface area contributed by atoms with Crippen molar-refractivity contribution < 1.29 is 0 Å². The van der Waals surface area contributed by atoms with E-state index in [4.69, 9.17) is 15.0 Å². The fraction of sp³-hybridized carbons (Fsp3) is 0.170. The molecule has 6 aromatic rings. The molecule has 3 aromatic heterocycles. The minimum Gasteiger partial charge on any atom is -0.274 e. The maximum Gasteiger partial charge on any atom is 0.103 e. The number of pyridine rings is 2. The van der Waals surface area contributed by atoms with Crippen LogP contribution >= 0.6 is 11.3 Å². The zero-order valence-electron chi connectivity index (χ0n) is 28.3. The fourth-order valence-electron chi connectivity index (χ4n) is 9.01. The molecule has 0 saturated carbocycles. The van der Waals surface area contributed by atoms with Gasteiger partial charge in [-0.1, -0.05) is 103 Å². The molecular formula is C47H35N3S. The minimum atomic E-state index is -0.0242. The second-order valence-electron chi connectivity index (χ2n) is 14.3. The second kappa shape index (κ2) is 11.5. The van der Waals surface area contributed by atoms with Gasteiger partial charge in [-0.05, 0) is 102 Å². The summed E-state index contributed by atoms with van der Waals surface area (Å²) in [5.41, 5.74) is 17.4. The Morgan fingerprint density at radius 3 is 2.45 bits per heavy atom. The Balaban J connectivity index is 1.06. The molecule has 3 nitrogen and oxygen atoms in total. The molecule has 2 unspecified atom stereocenters. The first-order valence-corrected chi connectivity index (χ1v) is 19.2. The number of fused-ring (bicyclic) bond motifs is 11. The first-order chi connectivity index (χ1) is 25.3. The largest absolute Gasteiger partial charge is 0.274 e. The van der Waals surface area contributed by atoms with Crippen LogP contribution in [0.25, 0.3) is 60.4 Å². The van der Waals surface area contributed by atoms with Crippen LogP contribution in [0.15, 0.2) is 120 Å². The summed E-state index contributed by atoms with van der Waals surface area (Å²) in [5.74, 6) is 0.214. The van der Waals surface area contributed by atoms with Crippen LogP contribution in [0.3, 0.4) is 0 Å². The van der Waals surface area contributed by atoms with Crippen LogP contribution in [0, 0.1) is 5.92 Å².